The van der Waals surface area contributed by atoms with Crippen molar-refractivity contribution in [3.05, 3.63) is 35.1 Å². The van der Waals surface area contributed by atoms with E-state index in [0.717, 1.165) is 24.6 Å². The lowest BCUT2D eigenvalue weighted by atomic mass is 9.81. The van der Waals surface area contributed by atoms with Crippen LogP contribution in [-0.4, -0.2) is 6.54 Å². The Hall–Kier alpha value is -1.10. The fraction of sp³-hybridized carbons (Fsp3) is 0.647. The van der Waals surface area contributed by atoms with Crippen LogP contribution in [0.1, 0.15) is 50.2 Å². The second kappa shape index (κ2) is 7.44. The molecule has 0 saturated heterocycles. The van der Waals surface area contributed by atoms with Crippen LogP contribution in [0, 0.1) is 17.7 Å². The van der Waals surface area contributed by atoms with E-state index in [4.69, 9.17) is 0 Å². The van der Waals surface area contributed by atoms with Crippen molar-refractivity contribution in [3.63, 3.8) is 0 Å². The molecule has 1 saturated carbocycles. The van der Waals surface area contributed by atoms with E-state index in [0.29, 0.717) is 17.5 Å². The summed E-state index contributed by atoms with van der Waals surface area (Å²) < 4.78 is 51.2. The van der Waals surface area contributed by atoms with E-state index in [2.05, 4.69) is 12.2 Å². The zero-order chi connectivity index (χ0) is 16.2. The zero-order valence-corrected chi connectivity index (χ0v) is 12.8. The number of hydrogen-bond acceptors (Lipinski definition) is 1. The van der Waals surface area contributed by atoms with Gasteiger partial charge in [-0.1, -0.05) is 26.2 Å². The monoisotopic (exact) mass is 317 g/mol. The molecule has 0 aliphatic heterocycles. The van der Waals surface area contributed by atoms with Gasteiger partial charge in [0, 0.05) is 6.54 Å². The summed E-state index contributed by atoms with van der Waals surface area (Å²) in [7, 11) is 0. The molecule has 124 valence electrons. The van der Waals surface area contributed by atoms with E-state index in [1.54, 1.807) is 0 Å². The molecular formula is C17H23F4N. The molecule has 0 spiro atoms. The first-order chi connectivity index (χ1) is 10.4. The lowest BCUT2D eigenvalue weighted by molar-refractivity contribution is -0.137. The summed E-state index contributed by atoms with van der Waals surface area (Å²) in [6, 6.07) is 2.72. The Labute approximate surface area is 129 Å². The number of nitrogens with one attached hydrogen (secondary N) is 1. The highest BCUT2D eigenvalue weighted by atomic mass is 19.4. The fourth-order valence-corrected chi connectivity index (χ4v) is 3.18. The van der Waals surface area contributed by atoms with Gasteiger partial charge in [-0.25, -0.2) is 4.39 Å². The molecule has 0 unspecified atom stereocenters. The summed E-state index contributed by atoms with van der Waals surface area (Å²) in [6.45, 7) is 3.27. The van der Waals surface area contributed by atoms with Gasteiger partial charge in [-0.3, -0.25) is 0 Å². The van der Waals surface area contributed by atoms with Gasteiger partial charge in [-0.05, 0) is 55.0 Å². The molecule has 5 heteroatoms. The van der Waals surface area contributed by atoms with E-state index in [1.165, 1.54) is 32.1 Å². The highest BCUT2D eigenvalue weighted by Crippen LogP contribution is 2.31. The van der Waals surface area contributed by atoms with E-state index < -0.39 is 17.6 Å². The van der Waals surface area contributed by atoms with Gasteiger partial charge in [-0.15, -0.1) is 0 Å². The van der Waals surface area contributed by atoms with E-state index >= 15 is 0 Å². The number of hydrogen-bond donors (Lipinski definition) is 1. The normalized spacial score (nSPS) is 22.8. The minimum Gasteiger partial charge on any atom is -0.312 e. The van der Waals surface area contributed by atoms with Gasteiger partial charge in [-0.2, -0.15) is 13.2 Å². The molecule has 1 aliphatic carbocycles. The minimum atomic E-state index is -4.50. The highest BCUT2D eigenvalue weighted by molar-refractivity contribution is 5.26. The summed E-state index contributed by atoms with van der Waals surface area (Å²) in [5.74, 6) is 0.572. The van der Waals surface area contributed by atoms with Crippen molar-refractivity contribution in [2.24, 2.45) is 11.8 Å². The second-order valence-electron chi connectivity index (χ2n) is 6.27. The molecule has 1 aliphatic rings. The van der Waals surface area contributed by atoms with Gasteiger partial charge in [0.15, 0.2) is 0 Å². The molecule has 1 aromatic carbocycles. The maximum atomic E-state index is 13.3. The van der Waals surface area contributed by atoms with E-state index in [9.17, 15) is 17.6 Å². The molecule has 0 atom stereocenters. The molecule has 22 heavy (non-hydrogen) atoms. The average Bonchev–Trinajstić information content (AvgIpc) is 2.46. The maximum absolute atomic E-state index is 13.3. The van der Waals surface area contributed by atoms with Crippen molar-refractivity contribution in [1.29, 1.82) is 0 Å². The third-order valence-corrected chi connectivity index (χ3v) is 4.59. The second-order valence-corrected chi connectivity index (χ2v) is 6.27. The summed E-state index contributed by atoms with van der Waals surface area (Å²) in [6.07, 6.45) is 1.53. The van der Waals surface area contributed by atoms with Crippen molar-refractivity contribution in [2.45, 2.75) is 51.7 Å². The van der Waals surface area contributed by atoms with Crippen LogP contribution in [0.15, 0.2) is 18.2 Å². The molecule has 0 bridgehead atoms. The molecule has 1 nitrogen and oxygen atoms in total. The van der Waals surface area contributed by atoms with Crippen LogP contribution in [0.4, 0.5) is 17.6 Å². The summed E-state index contributed by atoms with van der Waals surface area (Å²) in [4.78, 5) is 0. The Morgan fingerprint density at radius 3 is 2.27 bits per heavy atom. The van der Waals surface area contributed by atoms with Crippen LogP contribution in [0.3, 0.4) is 0 Å². The molecular weight excluding hydrogens is 294 g/mol. The van der Waals surface area contributed by atoms with Crippen molar-refractivity contribution < 1.29 is 17.6 Å². The highest BCUT2D eigenvalue weighted by Gasteiger charge is 2.31. The molecule has 1 fully saturated rings. The zero-order valence-electron chi connectivity index (χ0n) is 12.8. The number of alkyl halides is 3. The Bertz CT molecular complexity index is 476. The number of rotatable bonds is 5. The third kappa shape index (κ3) is 4.97. The fourth-order valence-electron chi connectivity index (χ4n) is 3.18. The van der Waals surface area contributed by atoms with Crippen molar-refractivity contribution in [3.8, 4) is 0 Å². The van der Waals surface area contributed by atoms with Crippen LogP contribution in [0.2, 0.25) is 0 Å². The quantitative estimate of drug-likeness (QED) is 0.741. The molecule has 0 radical (unpaired) electrons. The predicted molar refractivity (Wildman–Crippen MR) is 78.8 cm³/mol. The van der Waals surface area contributed by atoms with Crippen LogP contribution < -0.4 is 5.32 Å². The lowest BCUT2D eigenvalue weighted by Crippen LogP contribution is -2.26. The summed E-state index contributed by atoms with van der Waals surface area (Å²) in [5, 5.41) is 3.18. The van der Waals surface area contributed by atoms with Crippen molar-refractivity contribution >= 4 is 0 Å². The van der Waals surface area contributed by atoms with Gasteiger partial charge >= 0.3 is 6.18 Å². The molecule has 0 heterocycles. The smallest absolute Gasteiger partial charge is 0.312 e. The van der Waals surface area contributed by atoms with Crippen LogP contribution in [0.25, 0.3) is 0 Å². The molecule has 0 aromatic heterocycles. The first-order valence-electron chi connectivity index (χ1n) is 7.96. The first kappa shape index (κ1) is 17.3. The molecule has 1 aromatic rings. The Kier molecular flexibility index (Phi) is 5.84. The third-order valence-electron chi connectivity index (χ3n) is 4.59. The van der Waals surface area contributed by atoms with Gasteiger partial charge in [0.1, 0.15) is 5.82 Å². The van der Waals surface area contributed by atoms with Gasteiger partial charge in [0.05, 0.1) is 5.56 Å². The Balaban J connectivity index is 1.83. The van der Waals surface area contributed by atoms with Crippen molar-refractivity contribution in [2.75, 3.05) is 6.54 Å². The number of benzene rings is 1. The number of halogens is 4. The maximum Gasteiger partial charge on any atom is 0.416 e. The Morgan fingerprint density at radius 1 is 1.05 bits per heavy atom. The topological polar surface area (TPSA) is 12.0 Å². The SMILES string of the molecule is CCC1CCC(CNCc2cc(F)cc(C(F)(F)F)c2)CC1. The molecule has 0 amide bonds. The first-order valence-corrected chi connectivity index (χ1v) is 7.96. The van der Waals surface area contributed by atoms with Crippen LogP contribution in [-0.2, 0) is 12.7 Å². The molecule has 1 N–H and O–H groups in total. The van der Waals surface area contributed by atoms with Gasteiger partial charge in [0.25, 0.3) is 0 Å². The van der Waals surface area contributed by atoms with Crippen LogP contribution >= 0.6 is 0 Å². The summed E-state index contributed by atoms with van der Waals surface area (Å²) >= 11 is 0. The lowest BCUT2D eigenvalue weighted by Gasteiger charge is -2.28. The largest absolute Gasteiger partial charge is 0.416 e. The van der Waals surface area contributed by atoms with E-state index in [-0.39, 0.29) is 6.54 Å². The Morgan fingerprint density at radius 2 is 1.68 bits per heavy atom. The molecule has 2 rings (SSSR count). The van der Waals surface area contributed by atoms with Crippen LogP contribution in [0.5, 0.6) is 0 Å². The predicted octanol–water partition coefficient (Wildman–Crippen LogP) is 5.15. The van der Waals surface area contributed by atoms with E-state index in [1.807, 2.05) is 0 Å². The van der Waals surface area contributed by atoms with Gasteiger partial charge in [0.2, 0.25) is 0 Å². The average molecular weight is 317 g/mol. The summed E-state index contributed by atoms with van der Waals surface area (Å²) in [5.41, 5.74) is -0.581. The van der Waals surface area contributed by atoms with Gasteiger partial charge < -0.3 is 5.32 Å². The standard InChI is InChI=1S/C17H23F4N/c1-2-12-3-5-13(6-4-12)10-22-11-14-7-15(17(19,20)21)9-16(18)8-14/h7-9,12-13,22H,2-6,10-11H2,1H3. The minimum absolute atomic E-state index is 0.272. The van der Waals surface area contributed by atoms with Crippen molar-refractivity contribution in [1.82, 2.24) is 5.32 Å².